The molecule has 0 saturated carbocycles. The summed E-state index contributed by atoms with van der Waals surface area (Å²) in [6, 6.07) is 3.44. The normalized spacial score (nSPS) is 11.1. The minimum absolute atomic E-state index is 0.119. The number of nitro groups is 1. The molecule has 1 aromatic heterocycles. The Kier molecular flexibility index (Phi) is 3.99. The van der Waals surface area contributed by atoms with Gasteiger partial charge >= 0.3 is 11.7 Å². The van der Waals surface area contributed by atoms with Gasteiger partial charge in [-0.05, 0) is 18.4 Å². The Morgan fingerprint density at radius 2 is 2.47 bits per heavy atom. The maximum Gasteiger partial charge on any atom is 0.409 e. The van der Waals surface area contributed by atoms with Gasteiger partial charge in [-0.2, -0.15) is 0 Å². The largest absolute Gasteiger partial charge is 0.458 e. The summed E-state index contributed by atoms with van der Waals surface area (Å²) in [5, 5.41) is 12.4. The molecule has 0 atom stereocenters. The fourth-order valence-corrected chi connectivity index (χ4v) is 1.55. The van der Waals surface area contributed by atoms with Gasteiger partial charge in [0.05, 0.1) is 11.5 Å². The van der Waals surface area contributed by atoms with Crippen LogP contribution in [0.5, 0.6) is 0 Å². The third kappa shape index (κ3) is 3.17. The molecule has 0 aromatic carbocycles. The predicted octanol–water partition coefficient (Wildman–Crippen LogP) is 1.93. The fourth-order valence-electron chi connectivity index (χ4n) is 0.899. The second-order valence-electron chi connectivity index (χ2n) is 2.52. The molecule has 0 spiro atoms. The summed E-state index contributed by atoms with van der Waals surface area (Å²) < 4.78 is 4.57. The van der Waals surface area contributed by atoms with Crippen LogP contribution in [0.3, 0.4) is 0 Å². The first-order valence-electron chi connectivity index (χ1n) is 4.22. The molecule has 0 radical (unpaired) electrons. The maximum absolute atomic E-state index is 11.2. The highest BCUT2D eigenvalue weighted by Gasteiger charge is 2.23. The molecule has 0 fully saturated rings. The average molecular weight is 227 g/mol. The third-order valence-corrected chi connectivity index (χ3v) is 2.32. The number of hydrogen-bond acceptors (Lipinski definition) is 5. The summed E-state index contributed by atoms with van der Waals surface area (Å²) in [6.07, 6.45) is 1.21. The molecule has 0 unspecified atom stereocenters. The van der Waals surface area contributed by atoms with Crippen LogP contribution in [0.4, 0.5) is 0 Å². The van der Waals surface area contributed by atoms with Crippen molar-refractivity contribution in [3.05, 3.63) is 38.2 Å². The molecular weight excluding hydrogens is 218 g/mol. The van der Waals surface area contributed by atoms with E-state index in [1.54, 1.807) is 24.4 Å². The first kappa shape index (κ1) is 11.4. The van der Waals surface area contributed by atoms with Gasteiger partial charge in [-0.3, -0.25) is 10.1 Å². The molecule has 6 heteroatoms. The molecule has 0 aliphatic rings. The van der Waals surface area contributed by atoms with Crippen molar-refractivity contribution in [3.8, 4) is 0 Å². The third-order valence-electron chi connectivity index (χ3n) is 1.50. The van der Waals surface area contributed by atoms with Crippen LogP contribution in [0.1, 0.15) is 11.8 Å². The van der Waals surface area contributed by atoms with E-state index in [2.05, 4.69) is 4.74 Å². The van der Waals surface area contributed by atoms with Crippen molar-refractivity contribution in [2.24, 2.45) is 0 Å². The predicted molar refractivity (Wildman–Crippen MR) is 55.9 cm³/mol. The average Bonchev–Trinajstić information content (AvgIpc) is 2.66. The summed E-state index contributed by atoms with van der Waals surface area (Å²) in [6.45, 7) is 1.72. The number of rotatable bonds is 4. The van der Waals surface area contributed by atoms with Gasteiger partial charge in [0.1, 0.15) is 0 Å². The van der Waals surface area contributed by atoms with Gasteiger partial charge in [0.25, 0.3) is 0 Å². The Bertz CT molecular complexity index is 383. The van der Waals surface area contributed by atoms with Gasteiger partial charge in [-0.25, -0.2) is 4.79 Å². The van der Waals surface area contributed by atoms with Gasteiger partial charge in [0.2, 0.25) is 0 Å². The number of hydrogen-bond donors (Lipinski definition) is 0. The van der Waals surface area contributed by atoms with Crippen molar-refractivity contribution in [1.82, 2.24) is 0 Å². The van der Waals surface area contributed by atoms with E-state index < -0.39 is 16.6 Å². The van der Waals surface area contributed by atoms with E-state index >= 15 is 0 Å². The number of carbonyl (C=O) groups excluding carboxylic acids is 1. The lowest BCUT2D eigenvalue weighted by Gasteiger charge is -1.97. The molecule has 80 valence electrons. The van der Waals surface area contributed by atoms with Crippen LogP contribution in [-0.2, 0) is 9.53 Å². The van der Waals surface area contributed by atoms with Crippen molar-refractivity contribution in [2.45, 2.75) is 6.92 Å². The van der Waals surface area contributed by atoms with Crippen molar-refractivity contribution in [3.63, 3.8) is 0 Å². The van der Waals surface area contributed by atoms with Crippen molar-refractivity contribution in [1.29, 1.82) is 0 Å². The number of thiophene rings is 1. The number of nitrogens with zero attached hydrogens (tertiary/aromatic N) is 1. The molecule has 5 nitrogen and oxygen atoms in total. The lowest BCUT2D eigenvalue weighted by molar-refractivity contribution is -0.419. The van der Waals surface area contributed by atoms with Gasteiger partial charge in [-0.1, -0.05) is 6.07 Å². The zero-order valence-corrected chi connectivity index (χ0v) is 8.82. The van der Waals surface area contributed by atoms with Gasteiger partial charge in [-0.15, -0.1) is 11.3 Å². The highest BCUT2D eigenvalue weighted by Crippen LogP contribution is 2.14. The van der Waals surface area contributed by atoms with Crippen molar-refractivity contribution in [2.75, 3.05) is 6.61 Å². The van der Waals surface area contributed by atoms with Crippen LogP contribution in [0.2, 0.25) is 0 Å². The summed E-state index contributed by atoms with van der Waals surface area (Å²) in [5.74, 6) is -0.907. The Hall–Kier alpha value is -1.69. The Morgan fingerprint density at radius 3 is 2.93 bits per heavy atom. The quantitative estimate of drug-likeness (QED) is 0.341. The molecule has 1 heterocycles. The van der Waals surface area contributed by atoms with E-state index in [1.165, 1.54) is 17.4 Å². The van der Waals surface area contributed by atoms with Crippen molar-refractivity contribution >= 4 is 23.4 Å². The second-order valence-corrected chi connectivity index (χ2v) is 3.50. The summed E-state index contributed by atoms with van der Waals surface area (Å²) in [4.78, 5) is 21.7. The van der Waals surface area contributed by atoms with Crippen molar-refractivity contribution < 1.29 is 14.5 Å². The van der Waals surface area contributed by atoms with Crippen LogP contribution < -0.4 is 0 Å². The molecule has 0 saturated heterocycles. The van der Waals surface area contributed by atoms with E-state index in [9.17, 15) is 14.9 Å². The fraction of sp³-hybridized carbons (Fsp3) is 0.222. The second kappa shape index (κ2) is 5.26. The lowest BCUT2D eigenvalue weighted by Crippen LogP contribution is -2.14. The van der Waals surface area contributed by atoms with E-state index in [0.717, 1.165) is 0 Å². The molecule has 1 aromatic rings. The van der Waals surface area contributed by atoms with Crippen LogP contribution >= 0.6 is 11.3 Å². The van der Waals surface area contributed by atoms with Crippen LogP contribution in [0, 0.1) is 10.1 Å². The van der Waals surface area contributed by atoms with E-state index in [4.69, 9.17) is 0 Å². The number of carbonyl (C=O) groups is 1. The van der Waals surface area contributed by atoms with Crippen LogP contribution in [0.25, 0.3) is 6.08 Å². The first-order chi connectivity index (χ1) is 7.15. The Balaban J connectivity index is 2.92. The zero-order valence-electron chi connectivity index (χ0n) is 8.00. The van der Waals surface area contributed by atoms with E-state index in [1.807, 2.05) is 0 Å². The monoisotopic (exact) mass is 227 g/mol. The summed E-state index contributed by atoms with van der Waals surface area (Å²) in [5.41, 5.74) is -0.542. The molecule has 0 aliphatic carbocycles. The number of esters is 1. The summed E-state index contributed by atoms with van der Waals surface area (Å²) in [7, 11) is 0. The molecule has 15 heavy (non-hydrogen) atoms. The minimum Gasteiger partial charge on any atom is -0.458 e. The molecule has 1 rings (SSSR count). The van der Waals surface area contributed by atoms with Crippen LogP contribution in [0.15, 0.2) is 23.2 Å². The molecule has 0 N–H and O–H groups in total. The highest BCUT2D eigenvalue weighted by molar-refractivity contribution is 7.10. The standard InChI is InChI=1S/C9H9NO4S/c1-2-14-9(11)8(10(12)13)6-7-4-3-5-15-7/h3-6H,2H2,1H3/b8-6+. The highest BCUT2D eigenvalue weighted by atomic mass is 32.1. The first-order valence-corrected chi connectivity index (χ1v) is 5.09. The topological polar surface area (TPSA) is 69.4 Å². The molecule has 0 aliphatic heterocycles. The lowest BCUT2D eigenvalue weighted by atomic mass is 10.3. The number of ether oxygens (including phenoxy) is 1. The SMILES string of the molecule is CCOC(=O)/C(=C\c1cccs1)[N+](=O)[O-]. The summed E-state index contributed by atoms with van der Waals surface area (Å²) >= 11 is 1.32. The Morgan fingerprint density at radius 1 is 1.73 bits per heavy atom. The van der Waals surface area contributed by atoms with Gasteiger partial charge < -0.3 is 4.74 Å². The Labute approximate surface area is 90.1 Å². The maximum atomic E-state index is 11.2. The van der Waals surface area contributed by atoms with Crippen LogP contribution in [-0.4, -0.2) is 17.5 Å². The zero-order chi connectivity index (χ0) is 11.3. The molecular formula is C9H9NO4S. The van der Waals surface area contributed by atoms with E-state index in [0.29, 0.717) is 4.88 Å². The van der Waals surface area contributed by atoms with Gasteiger partial charge in [0, 0.05) is 11.0 Å². The molecule has 0 bridgehead atoms. The van der Waals surface area contributed by atoms with Gasteiger partial charge in [0.15, 0.2) is 0 Å². The van der Waals surface area contributed by atoms with E-state index in [-0.39, 0.29) is 6.61 Å². The minimum atomic E-state index is -0.907. The molecule has 0 amide bonds. The smallest absolute Gasteiger partial charge is 0.409 e.